The maximum atomic E-state index is 12.9. The van der Waals surface area contributed by atoms with Crippen LogP contribution in [0.15, 0.2) is 42.5 Å². The van der Waals surface area contributed by atoms with E-state index in [1.165, 1.54) is 42.5 Å². The fourth-order valence-electron chi connectivity index (χ4n) is 2.05. The zero-order chi connectivity index (χ0) is 18.6. The third-order valence-electron chi connectivity index (χ3n) is 3.27. The summed E-state index contributed by atoms with van der Waals surface area (Å²) < 4.78 is 37.8. The number of nitrogens with one attached hydrogen (secondary N) is 1. The van der Waals surface area contributed by atoms with Crippen LogP contribution in [0.1, 0.15) is 5.56 Å². The van der Waals surface area contributed by atoms with Crippen LogP contribution in [0.5, 0.6) is 0 Å². The molecule has 1 N–H and O–H groups in total. The van der Waals surface area contributed by atoms with E-state index >= 15 is 0 Å². The largest absolute Gasteiger partial charge is 0.350 e. The maximum Gasteiger partial charge on any atom is 0.241 e. The average molecular weight is 405 g/mol. The van der Waals surface area contributed by atoms with Gasteiger partial charge in [0.2, 0.25) is 15.9 Å². The van der Waals surface area contributed by atoms with E-state index < -0.39 is 22.5 Å². The second kappa shape index (κ2) is 8.03. The van der Waals surface area contributed by atoms with E-state index in [9.17, 15) is 17.6 Å². The van der Waals surface area contributed by atoms with E-state index in [2.05, 4.69) is 5.32 Å². The Morgan fingerprint density at radius 3 is 2.40 bits per heavy atom. The van der Waals surface area contributed by atoms with E-state index in [1.807, 2.05) is 0 Å². The molecule has 0 atom stereocenters. The molecule has 0 spiro atoms. The molecule has 0 aromatic heterocycles. The highest BCUT2D eigenvalue weighted by Crippen LogP contribution is 2.30. The highest BCUT2D eigenvalue weighted by molar-refractivity contribution is 7.92. The van der Waals surface area contributed by atoms with Crippen LogP contribution in [-0.2, 0) is 21.4 Å². The number of benzene rings is 2. The molecule has 0 radical (unpaired) electrons. The number of anilines is 1. The molecule has 1 amide bonds. The summed E-state index contributed by atoms with van der Waals surface area (Å²) in [5, 5.41) is 3.03. The van der Waals surface area contributed by atoms with Gasteiger partial charge in [0.1, 0.15) is 12.4 Å². The molecule has 0 fully saturated rings. The van der Waals surface area contributed by atoms with Crippen LogP contribution in [0.3, 0.4) is 0 Å². The predicted octanol–water partition coefficient (Wildman–Crippen LogP) is 3.21. The molecule has 0 aliphatic carbocycles. The average Bonchev–Trinajstić information content (AvgIpc) is 2.53. The standard InChI is InChI=1S/C16H15Cl2FN2O3S/c1-25(23,24)21(15-8-12(17)4-7-14(15)18)10-16(22)20-9-11-2-5-13(19)6-3-11/h2-8H,9-10H2,1H3,(H,20,22). The van der Waals surface area contributed by atoms with Crippen molar-refractivity contribution in [1.29, 1.82) is 0 Å². The van der Waals surface area contributed by atoms with Crippen LogP contribution < -0.4 is 9.62 Å². The zero-order valence-electron chi connectivity index (χ0n) is 13.2. The predicted molar refractivity (Wildman–Crippen MR) is 96.9 cm³/mol. The van der Waals surface area contributed by atoms with Crippen LogP contribution in [0, 0.1) is 5.82 Å². The second-order valence-corrected chi connectivity index (χ2v) is 8.02. The number of hydrogen-bond acceptors (Lipinski definition) is 3. The number of rotatable bonds is 6. The minimum absolute atomic E-state index is 0.119. The summed E-state index contributed by atoms with van der Waals surface area (Å²) in [4.78, 5) is 12.1. The number of amides is 1. The molecule has 2 aromatic rings. The molecule has 0 heterocycles. The third kappa shape index (κ3) is 5.59. The monoisotopic (exact) mass is 404 g/mol. The van der Waals surface area contributed by atoms with Crippen molar-refractivity contribution < 1.29 is 17.6 Å². The van der Waals surface area contributed by atoms with Crippen molar-refractivity contribution in [3.05, 3.63) is 63.9 Å². The van der Waals surface area contributed by atoms with Gasteiger partial charge in [0.15, 0.2) is 0 Å². The Kier molecular flexibility index (Phi) is 6.26. The van der Waals surface area contributed by atoms with Crippen molar-refractivity contribution in [1.82, 2.24) is 5.32 Å². The highest BCUT2D eigenvalue weighted by atomic mass is 35.5. The van der Waals surface area contributed by atoms with Gasteiger partial charge >= 0.3 is 0 Å². The minimum Gasteiger partial charge on any atom is -0.350 e. The zero-order valence-corrected chi connectivity index (χ0v) is 15.5. The van der Waals surface area contributed by atoms with Crippen LogP contribution in [0.2, 0.25) is 10.0 Å². The lowest BCUT2D eigenvalue weighted by Gasteiger charge is -2.23. The summed E-state index contributed by atoms with van der Waals surface area (Å²) in [6.07, 6.45) is 0.970. The van der Waals surface area contributed by atoms with Crippen molar-refractivity contribution in [2.24, 2.45) is 0 Å². The number of carbonyl (C=O) groups is 1. The Balaban J connectivity index is 2.13. The quantitative estimate of drug-likeness (QED) is 0.803. The molecule has 2 rings (SSSR count). The molecule has 2 aromatic carbocycles. The molecule has 0 aliphatic rings. The Bertz CT molecular complexity index is 873. The molecule has 0 saturated heterocycles. The van der Waals surface area contributed by atoms with Gasteiger partial charge in [0, 0.05) is 11.6 Å². The van der Waals surface area contributed by atoms with E-state index in [1.54, 1.807) is 0 Å². The second-order valence-electron chi connectivity index (χ2n) is 5.27. The van der Waals surface area contributed by atoms with Crippen molar-refractivity contribution in [3.8, 4) is 0 Å². The molecule has 9 heteroatoms. The van der Waals surface area contributed by atoms with Crippen molar-refractivity contribution in [2.45, 2.75) is 6.54 Å². The first-order valence-corrected chi connectivity index (χ1v) is 9.71. The number of halogens is 3. The Labute approximate surface area is 155 Å². The molecule has 25 heavy (non-hydrogen) atoms. The third-order valence-corrected chi connectivity index (χ3v) is 4.95. The van der Waals surface area contributed by atoms with Gasteiger partial charge < -0.3 is 5.32 Å². The van der Waals surface area contributed by atoms with Crippen molar-refractivity contribution in [3.63, 3.8) is 0 Å². The SMILES string of the molecule is CS(=O)(=O)N(CC(=O)NCc1ccc(F)cc1)c1cc(Cl)ccc1Cl. The van der Waals surface area contributed by atoms with Gasteiger partial charge in [-0.1, -0.05) is 35.3 Å². The molecule has 5 nitrogen and oxygen atoms in total. The Morgan fingerprint density at radius 1 is 1.16 bits per heavy atom. The summed E-state index contributed by atoms with van der Waals surface area (Å²) in [5.41, 5.74) is 0.801. The lowest BCUT2D eigenvalue weighted by molar-refractivity contribution is -0.119. The van der Waals surface area contributed by atoms with Crippen LogP contribution in [0.4, 0.5) is 10.1 Å². The Morgan fingerprint density at radius 2 is 1.80 bits per heavy atom. The van der Waals surface area contributed by atoms with Gasteiger partial charge in [-0.3, -0.25) is 9.10 Å². The highest BCUT2D eigenvalue weighted by Gasteiger charge is 2.23. The van der Waals surface area contributed by atoms with Crippen molar-refractivity contribution >= 4 is 44.8 Å². The lowest BCUT2D eigenvalue weighted by atomic mass is 10.2. The van der Waals surface area contributed by atoms with Gasteiger partial charge in [-0.2, -0.15) is 0 Å². The number of carbonyl (C=O) groups excluding carboxylic acids is 1. The normalized spacial score (nSPS) is 11.2. The number of nitrogens with zero attached hydrogens (tertiary/aromatic N) is 1. The van der Waals surface area contributed by atoms with Crippen molar-refractivity contribution in [2.75, 3.05) is 17.1 Å². The first kappa shape index (κ1) is 19.5. The number of hydrogen-bond donors (Lipinski definition) is 1. The molecule has 0 unspecified atom stereocenters. The summed E-state index contributed by atoms with van der Waals surface area (Å²) >= 11 is 11.9. The van der Waals surface area contributed by atoms with Gasteiger partial charge in [0.05, 0.1) is 17.0 Å². The fraction of sp³-hybridized carbons (Fsp3) is 0.188. The van der Waals surface area contributed by atoms with E-state index in [4.69, 9.17) is 23.2 Å². The molecular formula is C16H15Cl2FN2O3S. The molecule has 0 aliphatic heterocycles. The molecule has 0 bridgehead atoms. The number of sulfonamides is 1. The first-order valence-electron chi connectivity index (χ1n) is 7.11. The van der Waals surface area contributed by atoms with Gasteiger partial charge in [-0.25, -0.2) is 12.8 Å². The van der Waals surface area contributed by atoms with Crippen LogP contribution in [0.25, 0.3) is 0 Å². The summed E-state index contributed by atoms with van der Waals surface area (Å²) in [5.74, 6) is -0.917. The smallest absolute Gasteiger partial charge is 0.241 e. The van der Waals surface area contributed by atoms with E-state index in [0.717, 1.165) is 10.6 Å². The van der Waals surface area contributed by atoms with Gasteiger partial charge in [-0.05, 0) is 35.9 Å². The maximum absolute atomic E-state index is 12.9. The summed E-state index contributed by atoms with van der Waals surface area (Å²) in [6.45, 7) is -0.319. The van der Waals surface area contributed by atoms with Crippen LogP contribution >= 0.6 is 23.2 Å². The molecule has 0 saturated carbocycles. The molecular weight excluding hydrogens is 390 g/mol. The summed E-state index contributed by atoms with van der Waals surface area (Å²) in [6, 6.07) is 9.94. The van der Waals surface area contributed by atoms with Crippen LogP contribution in [-0.4, -0.2) is 27.1 Å². The fourth-order valence-corrected chi connectivity index (χ4v) is 3.34. The van der Waals surface area contributed by atoms with Gasteiger partial charge in [-0.15, -0.1) is 0 Å². The van der Waals surface area contributed by atoms with E-state index in [0.29, 0.717) is 10.6 Å². The van der Waals surface area contributed by atoms with E-state index in [-0.39, 0.29) is 23.1 Å². The lowest BCUT2D eigenvalue weighted by Crippen LogP contribution is -2.40. The summed E-state index contributed by atoms with van der Waals surface area (Å²) in [7, 11) is -3.76. The molecule has 134 valence electrons. The first-order chi connectivity index (χ1) is 11.7. The Hall–Kier alpha value is -1.83. The van der Waals surface area contributed by atoms with Gasteiger partial charge in [0.25, 0.3) is 0 Å². The minimum atomic E-state index is -3.76. The topological polar surface area (TPSA) is 66.5 Å².